The normalized spacial score (nSPS) is 12.2. The van der Waals surface area contributed by atoms with Crippen molar-refractivity contribution in [2.75, 3.05) is 0 Å². The standard InChI is InChI=1S/C19H9N2O.C13H24O2.Ir/c1-2-7-15-11(4-1)12-5-3-6-13-14-10-22-16-8-9-20-19(17(14)16)21(15)18(12)13;1-5-10(6-2)12(14)9-13(15)11(7-3)8-4;/h1-6,8-10H;9-11,14H,5-8H2,1-4H3;/q-1;;/b;12-9-;. The number of carbonyl (C=O) groups is 1. The molecule has 2 aromatic carbocycles. The number of ketones is 1. The Hall–Kier alpha value is -3.21. The predicted molar refractivity (Wildman–Crippen MR) is 151 cm³/mol. The molecule has 1 N–H and O–H groups in total. The van der Waals surface area contributed by atoms with E-state index in [-0.39, 0.29) is 43.5 Å². The van der Waals surface area contributed by atoms with Gasteiger partial charge < -0.3 is 13.9 Å². The van der Waals surface area contributed by atoms with E-state index in [9.17, 15) is 9.90 Å². The van der Waals surface area contributed by atoms with E-state index in [1.165, 1.54) is 27.8 Å². The van der Waals surface area contributed by atoms with Gasteiger partial charge in [-0.15, -0.1) is 5.39 Å². The first kappa shape index (κ1) is 27.8. The summed E-state index contributed by atoms with van der Waals surface area (Å²) in [6, 6.07) is 17.9. The van der Waals surface area contributed by atoms with E-state index < -0.39 is 0 Å². The van der Waals surface area contributed by atoms with Gasteiger partial charge >= 0.3 is 0 Å². The van der Waals surface area contributed by atoms with E-state index in [4.69, 9.17) is 4.42 Å². The third kappa shape index (κ3) is 4.61. The summed E-state index contributed by atoms with van der Waals surface area (Å²) in [7, 11) is 0. The number of aliphatic hydroxyl groups excluding tert-OH is 1. The predicted octanol–water partition coefficient (Wildman–Crippen LogP) is 8.65. The van der Waals surface area contributed by atoms with Gasteiger partial charge in [0.05, 0.1) is 17.4 Å². The molecule has 0 saturated carbocycles. The molecule has 6 rings (SSSR count). The minimum absolute atomic E-state index is 0. The van der Waals surface area contributed by atoms with Crippen molar-refractivity contribution < 1.29 is 34.4 Å². The summed E-state index contributed by atoms with van der Waals surface area (Å²) in [5.41, 5.74) is 4.06. The number of benzene rings is 2. The van der Waals surface area contributed by atoms with Gasteiger partial charge in [0, 0.05) is 60.5 Å². The quantitative estimate of drug-likeness (QED) is 0.0791. The molecule has 0 aliphatic rings. The zero-order valence-corrected chi connectivity index (χ0v) is 24.6. The van der Waals surface area contributed by atoms with Crippen molar-refractivity contribution in [2.45, 2.75) is 53.4 Å². The number of aromatic nitrogens is 2. The zero-order chi connectivity index (χ0) is 26.1. The molecule has 4 heterocycles. The van der Waals surface area contributed by atoms with Gasteiger partial charge in [-0.3, -0.25) is 4.79 Å². The fraction of sp³-hybridized carbons (Fsp3) is 0.312. The maximum Gasteiger partial charge on any atom is 0.162 e. The maximum absolute atomic E-state index is 11.7. The fourth-order valence-electron chi connectivity index (χ4n) is 5.49. The molecule has 199 valence electrons. The van der Waals surface area contributed by atoms with Crippen LogP contribution >= 0.6 is 0 Å². The number of carbonyl (C=O) groups excluding carboxylic acids is 1. The molecule has 1 radical (unpaired) electrons. The Bertz CT molecular complexity index is 1720. The Morgan fingerprint density at radius 1 is 0.974 bits per heavy atom. The van der Waals surface area contributed by atoms with E-state index in [0.29, 0.717) is 0 Å². The molecule has 0 bridgehead atoms. The molecule has 38 heavy (non-hydrogen) atoms. The third-order valence-corrected chi connectivity index (χ3v) is 7.66. The SMILES string of the molecule is CCC(CC)C(=O)/C=C(\O)C(CC)CC.[Ir].[c-]1cccc2c3cccc4c5coc6ccnc(c65)n(c12)c43. The summed E-state index contributed by atoms with van der Waals surface area (Å²) in [4.78, 5) is 16.4. The molecule has 0 aliphatic heterocycles. The van der Waals surface area contributed by atoms with Gasteiger partial charge in [-0.05, 0) is 37.1 Å². The number of aliphatic hydroxyl groups is 1. The number of rotatable bonds is 7. The Morgan fingerprint density at radius 2 is 1.63 bits per heavy atom. The van der Waals surface area contributed by atoms with Crippen LogP contribution in [0.25, 0.3) is 49.2 Å². The molecule has 5 nitrogen and oxygen atoms in total. The number of hydrogen-bond donors (Lipinski definition) is 1. The summed E-state index contributed by atoms with van der Waals surface area (Å²) < 4.78 is 7.95. The molecule has 6 aromatic rings. The smallest absolute Gasteiger partial charge is 0.162 e. The van der Waals surface area contributed by atoms with Crippen molar-refractivity contribution >= 4 is 55.0 Å². The largest absolute Gasteiger partial charge is 0.512 e. The number of hydrogen-bond acceptors (Lipinski definition) is 4. The van der Waals surface area contributed by atoms with Crippen LogP contribution in [0.4, 0.5) is 0 Å². The molecular weight excluding hydrogens is 653 g/mol. The summed E-state index contributed by atoms with van der Waals surface area (Å²) in [6.45, 7) is 8.07. The Kier molecular flexibility index (Phi) is 8.54. The molecule has 0 atom stereocenters. The molecule has 0 unspecified atom stereocenters. The second kappa shape index (κ2) is 11.7. The van der Waals surface area contributed by atoms with Crippen molar-refractivity contribution in [1.82, 2.24) is 9.38 Å². The second-order valence-corrected chi connectivity index (χ2v) is 9.63. The van der Waals surface area contributed by atoms with Crippen LogP contribution in [0.2, 0.25) is 0 Å². The van der Waals surface area contributed by atoms with Crippen molar-refractivity contribution in [2.24, 2.45) is 11.8 Å². The number of furan rings is 1. The number of para-hydroxylation sites is 2. The molecule has 0 spiro atoms. The summed E-state index contributed by atoms with van der Waals surface area (Å²) in [6.07, 6.45) is 8.55. The molecule has 0 fully saturated rings. The van der Waals surface area contributed by atoms with Crippen molar-refractivity contribution in [3.8, 4) is 0 Å². The van der Waals surface area contributed by atoms with Crippen molar-refractivity contribution in [3.63, 3.8) is 0 Å². The van der Waals surface area contributed by atoms with Gasteiger partial charge in [0.2, 0.25) is 0 Å². The summed E-state index contributed by atoms with van der Waals surface area (Å²) in [5.74, 6) is 0.547. The topological polar surface area (TPSA) is 67.7 Å². The summed E-state index contributed by atoms with van der Waals surface area (Å²) in [5, 5.41) is 15.6. The van der Waals surface area contributed by atoms with Crippen LogP contribution in [0.5, 0.6) is 0 Å². The van der Waals surface area contributed by atoms with Crippen LogP contribution in [-0.4, -0.2) is 20.3 Å². The molecule has 0 saturated heterocycles. The molecule has 6 heteroatoms. The maximum atomic E-state index is 11.7. The van der Waals surface area contributed by atoms with Crippen LogP contribution in [0.15, 0.2) is 71.2 Å². The Balaban J connectivity index is 0.000000188. The van der Waals surface area contributed by atoms with E-state index in [1.807, 2.05) is 52.2 Å². The fourth-order valence-corrected chi connectivity index (χ4v) is 5.49. The Labute approximate surface area is 236 Å². The van der Waals surface area contributed by atoms with Gasteiger partial charge in [-0.2, -0.15) is 24.3 Å². The van der Waals surface area contributed by atoms with Gasteiger partial charge in [0.25, 0.3) is 0 Å². The first-order valence-electron chi connectivity index (χ1n) is 13.3. The molecule has 0 aliphatic carbocycles. The minimum Gasteiger partial charge on any atom is -0.512 e. The summed E-state index contributed by atoms with van der Waals surface area (Å²) >= 11 is 0. The number of fused-ring (bicyclic) bond motifs is 5. The first-order chi connectivity index (χ1) is 18.0. The van der Waals surface area contributed by atoms with Gasteiger partial charge in [0.1, 0.15) is 11.2 Å². The average molecular weight is 686 g/mol. The van der Waals surface area contributed by atoms with E-state index >= 15 is 0 Å². The van der Waals surface area contributed by atoms with Crippen molar-refractivity contribution in [3.05, 3.63) is 72.8 Å². The van der Waals surface area contributed by atoms with Crippen LogP contribution in [0.3, 0.4) is 0 Å². The van der Waals surface area contributed by atoms with E-state index in [1.54, 1.807) is 6.20 Å². The first-order valence-corrected chi connectivity index (χ1v) is 13.3. The number of nitrogens with zero attached hydrogens (tertiary/aromatic N) is 2. The molecule has 4 aromatic heterocycles. The van der Waals surface area contributed by atoms with Gasteiger partial charge in [-0.25, -0.2) is 4.98 Å². The monoisotopic (exact) mass is 686 g/mol. The van der Waals surface area contributed by atoms with Gasteiger partial charge in [0.15, 0.2) is 5.78 Å². The molecule has 0 amide bonds. The molecular formula is C32H33IrN2O3-. The van der Waals surface area contributed by atoms with Crippen molar-refractivity contribution in [1.29, 1.82) is 0 Å². The van der Waals surface area contributed by atoms with E-state index in [2.05, 4.69) is 39.7 Å². The van der Waals surface area contributed by atoms with E-state index in [0.717, 1.165) is 53.2 Å². The van der Waals surface area contributed by atoms with Crippen LogP contribution in [0.1, 0.15) is 53.4 Å². The second-order valence-electron chi connectivity index (χ2n) is 9.63. The number of pyridine rings is 2. The van der Waals surface area contributed by atoms with Gasteiger partial charge in [-0.1, -0.05) is 51.4 Å². The van der Waals surface area contributed by atoms with Crippen LogP contribution < -0.4 is 0 Å². The minimum atomic E-state index is 0. The Morgan fingerprint density at radius 3 is 2.32 bits per heavy atom. The van der Waals surface area contributed by atoms with Crippen LogP contribution in [0, 0.1) is 17.9 Å². The van der Waals surface area contributed by atoms with Crippen LogP contribution in [-0.2, 0) is 24.9 Å². The number of allylic oxidation sites excluding steroid dienone is 2. The third-order valence-electron chi connectivity index (χ3n) is 7.66. The average Bonchev–Trinajstić information content (AvgIpc) is 3.50. The zero-order valence-electron chi connectivity index (χ0n) is 22.2.